The molecule has 1 N–H and O–H groups in total. The summed E-state index contributed by atoms with van der Waals surface area (Å²) in [6.07, 6.45) is 0. The molecule has 0 aliphatic rings. The molecule has 0 saturated carbocycles. The lowest BCUT2D eigenvalue weighted by Gasteiger charge is -2.02. The SMILES string of the molecule is C=C.O=S(=O)([O-])ONC=S. The van der Waals surface area contributed by atoms with Crippen LogP contribution in [0.25, 0.3) is 0 Å². The molecular formula is C3H6NO4S2-. The molecule has 0 rings (SSSR count). The third-order valence-corrected chi connectivity index (χ3v) is 0.595. The van der Waals surface area contributed by atoms with Crippen LogP contribution in [0.5, 0.6) is 0 Å². The predicted molar refractivity (Wildman–Crippen MR) is 38.8 cm³/mol. The lowest BCUT2D eigenvalue weighted by atomic mass is 11.3. The Bertz CT molecular complexity index is 175. The van der Waals surface area contributed by atoms with Gasteiger partial charge in [0.2, 0.25) is 10.4 Å². The third-order valence-electron chi connectivity index (χ3n) is 0.198. The van der Waals surface area contributed by atoms with Gasteiger partial charge in [0.05, 0.1) is 5.49 Å². The summed E-state index contributed by atoms with van der Waals surface area (Å²) in [7, 11) is -4.65. The van der Waals surface area contributed by atoms with Gasteiger partial charge >= 0.3 is 0 Å². The van der Waals surface area contributed by atoms with E-state index in [4.69, 9.17) is 0 Å². The summed E-state index contributed by atoms with van der Waals surface area (Å²) in [6.45, 7) is 6.00. The number of hydrogen-bond acceptors (Lipinski definition) is 5. The summed E-state index contributed by atoms with van der Waals surface area (Å²) in [5, 5.41) is 0. The first-order chi connectivity index (χ1) is 4.56. The van der Waals surface area contributed by atoms with Crippen molar-refractivity contribution < 1.29 is 17.3 Å². The van der Waals surface area contributed by atoms with Crippen LogP contribution in [0.3, 0.4) is 0 Å². The molecule has 0 fully saturated rings. The van der Waals surface area contributed by atoms with Crippen molar-refractivity contribution in [3.63, 3.8) is 0 Å². The van der Waals surface area contributed by atoms with Crippen molar-refractivity contribution in [2.24, 2.45) is 0 Å². The number of rotatable bonds is 3. The molecule has 10 heavy (non-hydrogen) atoms. The van der Waals surface area contributed by atoms with E-state index in [2.05, 4.69) is 29.7 Å². The van der Waals surface area contributed by atoms with E-state index >= 15 is 0 Å². The maximum absolute atomic E-state index is 9.48. The number of hydroxylamine groups is 1. The molecule has 0 saturated heterocycles. The second-order valence-corrected chi connectivity index (χ2v) is 1.95. The standard InChI is InChI=1S/C2H4.CH3NO4S2/c1-2;3-8(4,5)6-2-1-7/h1-2H2;1H,(H,2,7)(H,3,4,5)/p-1. The van der Waals surface area contributed by atoms with Gasteiger partial charge in [0, 0.05) is 0 Å². The first-order valence-corrected chi connectivity index (χ1v) is 3.70. The molecule has 5 nitrogen and oxygen atoms in total. The van der Waals surface area contributed by atoms with Crippen LogP contribution < -0.4 is 5.48 Å². The van der Waals surface area contributed by atoms with Crippen LogP contribution in [0, 0.1) is 0 Å². The molecule has 0 aromatic rings. The highest BCUT2D eigenvalue weighted by Crippen LogP contribution is 1.75. The highest BCUT2D eigenvalue weighted by atomic mass is 32.3. The largest absolute Gasteiger partial charge is 0.724 e. The predicted octanol–water partition coefficient (Wildman–Crippen LogP) is -0.273. The van der Waals surface area contributed by atoms with Crippen molar-refractivity contribution in [1.29, 1.82) is 0 Å². The van der Waals surface area contributed by atoms with Crippen LogP contribution >= 0.6 is 12.2 Å². The average Bonchev–Trinajstić information content (AvgIpc) is 1.87. The maximum atomic E-state index is 9.48. The molecule has 0 unspecified atom stereocenters. The molecule has 0 amide bonds. The fourth-order valence-electron chi connectivity index (χ4n) is 0.0786. The zero-order chi connectivity index (χ0) is 8.62. The lowest BCUT2D eigenvalue weighted by Crippen LogP contribution is -2.16. The number of thiocarbonyl (C=S) groups is 1. The quantitative estimate of drug-likeness (QED) is 0.214. The minimum absolute atomic E-state index is 0.759. The van der Waals surface area contributed by atoms with Crippen LogP contribution in [0.2, 0.25) is 0 Å². The smallest absolute Gasteiger partial charge is 0.238 e. The fourth-order valence-corrected chi connectivity index (χ4v) is 0.354. The van der Waals surface area contributed by atoms with E-state index in [1.165, 1.54) is 0 Å². The van der Waals surface area contributed by atoms with E-state index in [-0.39, 0.29) is 0 Å². The van der Waals surface area contributed by atoms with Gasteiger partial charge in [-0.15, -0.1) is 13.2 Å². The highest BCUT2D eigenvalue weighted by molar-refractivity contribution is 7.81. The van der Waals surface area contributed by atoms with Crippen molar-refractivity contribution in [2.75, 3.05) is 0 Å². The zero-order valence-electron chi connectivity index (χ0n) is 4.94. The van der Waals surface area contributed by atoms with Crippen molar-refractivity contribution in [2.45, 2.75) is 0 Å². The Morgan fingerprint density at radius 1 is 1.60 bits per heavy atom. The molecule has 0 bridgehead atoms. The summed E-state index contributed by atoms with van der Waals surface area (Å²) < 4.78 is 31.8. The van der Waals surface area contributed by atoms with E-state index in [0.29, 0.717) is 0 Å². The van der Waals surface area contributed by atoms with Crippen molar-refractivity contribution in [3.8, 4) is 0 Å². The van der Waals surface area contributed by atoms with Gasteiger partial charge in [-0.3, -0.25) is 0 Å². The second kappa shape index (κ2) is 6.62. The Kier molecular flexibility index (Phi) is 8.07. The van der Waals surface area contributed by atoms with Crippen LogP contribution in [0.1, 0.15) is 0 Å². The minimum atomic E-state index is -4.65. The molecule has 60 valence electrons. The highest BCUT2D eigenvalue weighted by Gasteiger charge is 1.86. The van der Waals surface area contributed by atoms with Crippen molar-refractivity contribution in [3.05, 3.63) is 13.2 Å². The molecule has 0 aliphatic heterocycles. The molecule has 0 aromatic heterocycles. The van der Waals surface area contributed by atoms with E-state index in [9.17, 15) is 13.0 Å². The fraction of sp³-hybridized carbons (Fsp3) is 0. The van der Waals surface area contributed by atoms with E-state index < -0.39 is 10.4 Å². The summed E-state index contributed by atoms with van der Waals surface area (Å²) in [6, 6.07) is 0. The van der Waals surface area contributed by atoms with Gasteiger partial charge < -0.3 is 4.55 Å². The normalized spacial score (nSPS) is 8.90. The Hall–Kier alpha value is -0.500. The monoisotopic (exact) mass is 184 g/mol. The topological polar surface area (TPSA) is 78.5 Å². The molecule has 0 heterocycles. The average molecular weight is 184 g/mol. The summed E-state index contributed by atoms with van der Waals surface area (Å²) in [5.74, 6) is 0. The Balaban J connectivity index is 0. The maximum Gasteiger partial charge on any atom is 0.238 e. The minimum Gasteiger partial charge on any atom is -0.724 e. The molecule has 0 aliphatic carbocycles. The number of hydrogen-bond donors (Lipinski definition) is 1. The first kappa shape index (κ1) is 12.2. The van der Waals surface area contributed by atoms with Gasteiger partial charge in [-0.1, -0.05) is 12.2 Å². The molecular weight excluding hydrogens is 178 g/mol. The Morgan fingerprint density at radius 2 is 2.00 bits per heavy atom. The van der Waals surface area contributed by atoms with E-state index in [0.717, 1.165) is 5.49 Å². The van der Waals surface area contributed by atoms with Crippen molar-refractivity contribution >= 4 is 28.1 Å². The van der Waals surface area contributed by atoms with E-state index in [1.54, 1.807) is 5.48 Å². The Morgan fingerprint density at radius 3 is 2.10 bits per heavy atom. The molecule has 0 radical (unpaired) electrons. The van der Waals surface area contributed by atoms with Gasteiger partial charge in [-0.2, -0.15) is 4.28 Å². The van der Waals surface area contributed by atoms with Crippen LogP contribution in [-0.4, -0.2) is 18.5 Å². The van der Waals surface area contributed by atoms with Crippen LogP contribution in [0.15, 0.2) is 13.2 Å². The molecule has 0 aromatic carbocycles. The number of nitrogens with one attached hydrogen (secondary N) is 1. The van der Waals surface area contributed by atoms with Gasteiger partial charge in [0.25, 0.3) is 0 Å². The summed E-state index contributed by atoms with van der Waals surface area (Å²) in [4.78, 5) is 0. The lowest BCUT2D eigenvalue weighted by molar-refractivity contribution is 0.226. The third kappa shape index (κ3) is 15.6. The molecule has 0 spiro atoms. The van der Waals surface area contributed by atoms with Gasteiger partial charge in [0.1, 0.15) is 0 Å². The van der Waals surface area contributed by atoms with Crippen LogP contribution in [0.4, 0.5) is 0 Å². The van der Waals surface area contributed by atoms with E-state index in [1.807, 2.05) is 0 Å². The van der Waals surface area contributed by atoms with Gasteiger partial charge in [-0.05, 0) is 0 Å². The van der Waals surface area contributed by atoms with Gasteiger partial charge in [-0.25, -0.2) is 13.9 Å². The summed E-state index contributed by atoms with van der Waals surface area (Å²) >= 11 is 4.06. The zero-order valence-corrected chi connectivity index (χ0v) is 6.57. The Labute approximate surface area is 64.6 Å². The van der Waals surface area contributed by atoms with Crippen molar-refractivity contribution in [1.82, 2.24) is 5.48 Å². The molecule has 0 atom stereocenters. The van der Waals surface area contributed by atoms with Gasteiger partial charge in [0.15, 0.2) is 0 Å². The summed E-state index contributed by atoms with van der Waals surface area (Å²) in [5.41, 5.74) is 2.34. The second-order valence-electron chi connectivity index (χ2n) is 0.727. The van der Waals surface area contributed by atoms with Crippen LogP contribution in [-0.2, 0) is 14.7 Å². The molecule has 7 heteroatoms. The first-order valence-electron chi connectivity index (χ1n) is 1.90.